The zero-order valence-corrected chi connectivity index (χ0v) is 26.0. The molecule has 1 saturated heterocycles. The van der Waals surface area contributed by atoms with Crippen molar-refractivity contribution in [1.82, 2.24) is 24.3 Å². The van der Waals surface area contributed by atoms with Gasteiger partial charge in [0.2, 0.25) is 5.89 Å². The number of amides is 1. The fraction of sp³-hybridized carbons (Fsp3) is 0.455. The molecule has 2 aliphatic heterocycles. The Labute approximate surface area is 257 Å². The van der Waals surface area contributed by atoms with Gasteiger partial charge in [-0.15, -0.1) is 0 Å². The van der Waals surface area contributed by atoms with Gasteiger partial charge < -0.3 is 28.1 Å². The Morgan fingerprint density at radius 2 is 1.89 bits per heavy atom. The van der Waals surface area contributed by atoms with Crippen LogP contribution in [0.15, 0.2) is 52.1 Å². The number of ether oxygens (including phenoxy) is 3. The maximum absolute atomic E-state index is 13.4. The molecule has 3 aromatic heterocycles. The van der Waals surface area contributed by atoms with Crippen molar-refractivity contribution >= 4 is 24.3 Å². The van der Waals surface area contributed by atoms with Crippen molar-refractivity contribution in [1.29, 1.82) is 0 Å². The van der Waals surface area contributed by atoms with Crippen LogP contribution in [-0.4, -0.2) is 74.9 Å². The molecule has 0 spiro atoms. The molecule has 5 rings (SSSR count). The number of nitrogens with zero attached hydrogens (tertiary/aromatic N) is 5. The number of carbonyl (C=O) groups excluding carboxylic acids is 1. The summed E-state index contributed by atoms with van der Waals surface area (Å²) in [6.45, 7) is 15.7. The minimum absolute atomic E-state index is 0.0241. The quantitative estimate of drug-likeness (QED) is 0.383. The summed E-state index contributed by atoms with van der Waals surface area (Å²) in [4.78, 5) is 39.2. The van der Waals surface area contributed by atoms with Crippen LogP contribution in [0.5, 0.6) is 11.5 Å². The molecule has 234 valence electrons. The van der Waals surface area contributed by atoms with E-state index in [0.29, 0.717) is 55.9 Å². The normalized spacial score (nSPS) is 16.6. The molecule has 0 unspecified atom stereocenters. The van der Waals surface area contributed by atoms with Gasteiger partial charge in [0.25, 0.3) is 5.56 Å². The predicted octanol–water partition coefficient (Wildman–Crippen LogP) is 3.20. The Morgan fingerprint density at radius 1 is 1.14 bits per heavy atom. The monoisotopic (exact) mass is 603 g/mol. The first-order chi connectivity index (χ1) is 21.1. The number of likely N-dealkylation sites (tertiary alicyclic amines) is 1. The van der Waals surface area contributed by atoms with Crippen LogP contribution in [0.3, 0.4) is 0 Å². The highest BCUT2D eigenvalue weighted by molar-refractivity contribution is 5.84. The standard InChI is InChI=1S/C33H41N5O6/c1-6-24(31-34-11-16-43-31)19-27-23(2)7-8-30(39)37(27)15-14-36-12-9-26(10-13-36)38(32(40)44-33(3,4)5)22-25-20-28-29(21-35-25)42-18-17-41-28/h6-8,11,16,19-21,26H,2,9-10,12-15,17-18,22H2,1,3-5H3/b24-6+,27-19+. The molecule has 44 heavy (non-hydrogen) atoms. The lowest BCUT2D eigenvalue weighted by Gasteiger charge is -2.39. The van der Waals surface area contributed by atoms with E-state index in [0.717, 1.165) is 42.1 Å². The van der Waals surface area contributed by atoms with Gasteiger partial charge in [-0.3, -0.25) is 14.7 Å². The molecular formula is C33H41N5O6. The van der Waals surface area contributed by atoms with E-state index in [1.165, 1.54) is 6.26 Å². The first-order valence-corrected chi connectivity index (χ1v) is 15.0. The summed E-state index contributed by atoms with van der Waals surface area (Å²) in [5.41, 5.74) is 0.768. The summed E-state index contributed by atoms with van der Waals surface area (Å²) in [5.74, 6) is 1.74. The van der Waals surface area contributed by atoms with E-state index in [1.54, 1.807) is 34.0 Å². The Morgan fingerprint density at radius 3 is 2.57 bits per heavy atom. The fourth-order valence-corrected chi connectivity index (χ4v) is 5.43. The second kappa shape index (κ2) is 13.5. The van der Waals surface area contributed by atoms with Crippen molar-refractivity contribution in [2.45, 2.75) is 65.3 Å². The number of aromatic nitrogens is 3. The third-order valence-electron chi connectivity index (χ3n) is 7.68. The van der Waals surface area contributed by atoms with Crippen LogP contribution in [0, 0.1) is 0 Å². The summed E-state index contributed by atoms with van der Waals surface area (Å²) in [6.07, 6.45) is 9.73. The molecule has 0 saturated carbocycles. The SMILES string of the molecule is C=c1ccc(=O)n(CCN2CCC(N(Cc3cc4c(cn3)OCCO4)C(=O)OC(C)(C)C)CC2)/c1=C/C(=C\C)c1ncco1. The minimum Gasteiger partial charge on any atom is -0.486 e. The summed E-state index contributed by atoms with van der Waals surface area (Å²) in [5, 5.41) is 1.47. The summed E-state index contributed by atoms with van der Waals surface area (Å²) < 4.78 is 24.4. The van der Waals surface area contributed by atoms with Crippen LogP contribution < -0.4 is 25.6 Å². The van der Waals surface area contributed by atoms with Gasteiger partial charge in [0, 0.05) is 49.9 Å². The summed E-state index contributed by atoms with van der Waals surface area (Å²) >= 11 is 0. The Hall–Kier alpha value is -4.38. The molecule has 11 heteroatoms. The molecule has 1 amide bonds. The summed E-state index contributed by atoms with van der Waals surface area (Å²) in [6, 6.07) is 5.10. The van der Waals surface area contributed by atoms with E-state index in [4.69, 9.17) is 18.6 Å². The predicted molar refractivity (Wildman–Crippen MR) is 167 cm³/mol. The lowest BCUT2D eigenvalue weighted by Crippen LogP contribution is -2.50. The van der Waals surface area contributed by atoms with Gasteiger partial charge in [0.1, 0.15) is 25.1 Å². The first-order valence-electron chi connectivity index (χ1n) is 15.0. The van der Waals surface area contributed by atoms with Gasteiger partial charge in [0.15, 0.2) is 11.5 Å². The molecular weight excluding hydrogens is 562 g/mol. The lowest BCUT2D eigenvalue weighted by atomic mass is 10.0. The minimum atomic E-state index is -0.624. The van der Waals surface area contributed by atoms with E-state index in [9.17, 15) is 9.59 Å². The van der Waals surface area contributed by atoms with Gasteiger partial charge in [0.05, 0.1) is 30.0 Å². The molecule has 11 nitrogen and oxygen atoms in total. The smallest absolute Gasteiger partial charge is 0.410 e. The molecule has 2 aliphatic rings. The van der Waals surface area contributed by atoms with Crippen LogP contribution in [-0.2, 0) is 17.8 Å². The van der Waals surface area contributed by atoms with Gasteiger partial charge in [-0.05, 0) is 57.9 Å². The second-order valence-corrected chi connectivity index (χ2v) is 12.0. The van der Waals surface area contributed by atoms with Gasteiger partial charge in [-0.25, -0.2) is 9.78 Å². The third kappa shape index (κ3) is 7.57. The number of pyridine rings is 2. The number of allylic oxidation sites excluding steroid dienone is 2. The highest BCUT2D eigenvalue weighted by atomic mass is 16.6. The van der Waals surface area contributed by atoms with Crippen LogP contribution in [0.2, 0.25) is 0 Å². The Balaban J connectivity index is 1.28. The van der Waals surface area contributed by atoms with Crippen LogP contribution >= 0.6 is 0 Å². The van der Waals surface area contributed by atoms with Gasteiger partial charge >= 0.3 is 6.09 Å². The number of fused-ring (bicyclic) bond motifs is 1. The number of hydrogen-bond acceptors (Lipinski definition) is 9. The first kappa shape index (κ1) is 31.1. The number of oxazole rings is 1. The van der Waals surface area contributed by atoms with E-state index in [2.05, 4.69) is 21.4 Å². The van der Waals surface area contributed by atoms with Crippen molar-refractivity contribution in [3.63, 3.8) is 0 Å². The van der Waals surface area contributed by atoms with Crippen molar-refractivity contribution in [3.05, 3.63) is 75.4 Å². The van der Waals surface area contributed by atoms with Crippen molar-refractivity contribution in [2.24, 2.45) is 0 Å². The number of piperidine rings is 1. The van der Waals surface area contributed by atoms with E-state index in [-0.39, 0.29) is 17.7 Å². The maximum atomic E-state index is 13.4. The average molecular weight is 604 g/mol. The number of carbonyl (C=O) groups is 1. The van der Waals surface area contributed by atoms with Gasteiger partial charge in [-0.1, -0.05) is 12.7 Å². The molecule has 1 fully saturated rings. The second-order valence-electron chi connectivity index (χ2n) is 12.0. The Kier molecular flexibility index (Phi) is 9.53. The summed E-state index contributed by atoms with van der Waals surface area (Å²) in [7, 11) is 0. The van der Waals surface area contributed by atoms with E-state index in [1.807, 2.05) is 45.9 Å². The molecule has 5 heterocycles. The van der Waals surface area contributed by atoms with Crippen molar-refractivity contribution < 1.29 is 23.4 Å². The molecule has 0 N–H and O–H groups in total. The fourth-order valence-electron chi connectivity index (χ4n) is 5.43. The third-order valence-corrected chi connectivity index (χ3v) is 7.68. The van der Waals surface area contributed by atoms with Crippen LogP contribution in [0.25, 0.3) is 18.2 Å². The lowest BCUT2D eigenvalue weighted by molar-refractivity contribution is 0.00527. The van der Waals surface area contributed by atoms with Gasteiger partial charge in [-0.2, -0.15) is 0 Å². The number of hydrogen-bond donors (Lipinski definition) is 0. The van der Waals surface area contributed by atoms with Crippen molar-refractivity contribution in [2.75, 3.05) is 32.8 Å². The van der Waals surface area contributed by atoms with Crippen molar-refractivity contribution in [3.8, 4) is 11.5 Å². The molecule has 0 aromatic carbocycles. The number of rotatable bonds is 8. The molecule has 0 atom stereocenters. The highest BCUT2D eigenvalue weighted by Crippen LogP contribution is 2.30. The molecule has 0 aliphatic carbocycles. The molecule has 3 aromatic rings. The average Bonchev–Trinajstić information content (AvgIpc) is 3.54. The van der Waals surface area contributed by atoms with Crippen LogP contribution in [0.1, 0.15) is 52.1 Å². The largest absolute Gasteiger partial charge is 0.486 e. The zero-order valence-electron chi connectivity index (χ0n) is 26.0. The molecule has 0 radical (unpaired) electrons. The van der Waals surface area contributed by atoms with E-state index >= 15 is 0 Å². The maximum Gasteiger partial charge on any atom is 0.410 e. The Bertz CT molecular complexity index is 1650. The zero-order chi connectivity index (χ0) is 31.3. The molecule has 0 bridgehead atoms. The van der Waals surface area contributed by atoms with E-state index < -0.39 is 5.60 Å². The van der Waals surface area contributed by atoms with Crippen LogP contribution in [0.4, 0.5) is 4.79 Å². The highest BCUT2D eigenvalue weighted by Gasteiger charge is 2.32. The topological polar surface area (TPSA) is 112 Å².